The van der Waals surface area contributed by atoms with E-state index in [-0.39, 0.29) is 0 Å². The molecule has 0 bridgehead atoms. The number of nitrogens with zero attached hydrogens (tertiary/aromatic N) is 4. The van der Waals surface area contributed by atoms with E-state index in [0.717, 1.165) is 24.4 Å². The fraction of sp³-hybridized carbons (Fsp3) is 0.615. The van der Waals surface area contributed by atoms with Crippen molar-refractivity contribution in [3.63, 3.8) is 0 Å². The maximum Gasteiger partial charge on any atom is 0.224 e. The van der Waals surface area contributed by atoms with Gasteiger partial charge in [-0.1, -0.05) is 13.8 Å². The Labute approximate surface area is 112 Å². The number of nitrogens with two attached hydrogens (primary N) is 1. The number of aromatic nitrogens is 4. The molecule has 102 valence electrons. The van der Waals surface area contributed by atoms with Gasteiger partial charge in [-0.2, -0.15) is 9.97 Å². The predicted molar refractivity (Wildman–Crippen MR) is 75.9 cm³/mol. The average molecular weight is 260 g/mol. The van der Waals surface area contributed by atoms with Gasteiger partial charge < -0.3 is 15.6 Å². The van der Waals surface area contributed by atoms with Crippen LogP contribution in [0.4, 0.5) is 11.8 Å². The minimum absolute atomic E-state index is 0.292. The van der Waals surface area contributed by atoms with E-state index in [0.29, 0.717) is 17.0 Å². The van der Waals surface area contributed by atoms with E-state index in [4.69, 9.17) is 5.73 Å². The van der Waals surface area contributed by atoms with Crippen molar-refractivity contribution >= 4 is 22.9 Å². The molecular weight excluding hydrogens is 240 g/mol. The summed E-state index contributed by atoms with van der Waals surface area (Å²) in [5.74, 6) is 1.18. The number of rotatable bonds is 3. The Bertz CT molecular complexity index is 586. The number of fused-ring (bicyclic) bond motifs is 1. The topological polar surface area (TPSA) is 83.7 Å². The highest BCUT2D eigenvalue weighted by atomic mass is 15.3. The van der Waals surface area contributed by atoms with Crippen LogP contribution in [0.5, 0.6) is 0 Å². The van der Waals surface area contributed by atoms with Crippen LogP contribution < -0.4 is 10.6 Å². The van der Waals surface area contributed by atoms with Gasteiger partial charge in [0.15, 0.2) is 11.5 Å². The standard InChI is InChI=1S/C13H20N6/c1-3-13(4-2)5-6-19(7-13)11-9-10(16-8-15-9)17-12(14)18-11/h8H,3-7H2,1-2H3,(H3,14,15,16,17,18). The Morgan fingerprint density at radius 2 is 2.16 bits per heavy atom. The van der Waals surface area contributed by atoms with Gasteiger partial charge in [0, 0.05) is 13.1 Å². The Kier molecular flexibility index (Phi) is 2.80. The van der Waals surface area contributed by atoms with Crippen molar-refractivity contribution in [2.75, 3.05) is 23.7 Å². The molecule has 0 aliphatic carbocycles. The lowest BCUT2D eigenvalue weighted by Crippen LogP contribution is -2.27. The molecule has 0 spiro atoms. The molecule has 0 aromatic carbocycles. The molecule has 2 aromatic heterocycles. The van der Waals surface area contributed by atoms with E-state index in [1.807, 2.05) is 0 Å². The lowest BCUT2D eigenvalue weighted by Gasteiger charge is -2.26. The van der Waals surface area contributed by atoms with Crippen LogP contribution in [0, 0.1) is 5.41 Å². The minimum Gasteiger partial charge on any atom is -0.368 e. The second-order valence-electron chi connectivity index (χ2n) is 5.39. The highest BCUT2D eigenvalue weighted by Gasteiger charge is 2.36. The van der Waals surface area contributed by atoms with Gasteiger partial charge >= 0.3 is 0 Å². The van der Waals surface area contributed by atoms with Gasteiger partial charge in [0.05, 0.1) is 6.33 Å². The Hall–Kier alpha value is -1.85. The molecule has 0 saturated carbocycles. The molecule has 1 saturated heterocycles. The molecule has 2 aromatic rings. The monoisotopic (exact) mass is 260 g/mol. The summed E-state index contributed by atoms with van der Waals surface area (Å²) in [5.41, 5.74) is 7.72. The fourth-order valence-electron chi connectivity index (χ4n) is 3.01. The zero-order chi connectivity index (χ0) is 13.5. The SMILES string of the molecule is CCC1(CC)CCN(c2nc(N)nc3nc[nH]c23)C1. The summed E-state index contributed by atoms with van der Waals surface area (Å²) in [4.78, 5) is 18.2. The van der Waals surface area contributed by atoms with Crippen LogP contribution in [-0.4, -0.2) is 33.0 Å². The predicted octanol–water partition coefficient (Wildman–Crippen LogP) is 1.95. The third-order valence-corrected chi connectivity index (χ3v) is 4.52. The van der Waals surface area contributed by atoms with Crippen LogP contribution in [0.1, 0.15) is 33.1 Å². The lowest BCUT2D eigenvalue weighted by molar-refractivity contribution is 0.301. The summed E-state index contributed by atoms with van der Waals surface area (Å²) in [7, 11) is 0. The van der Waals surface area contributed by atoms with Crippen molar-refractivity contribution in [3.8, 4) is 0 Å². The number of hydrogen-bond donors (Lipinski definition) is 2. The van der Waals surface area contributed by atoms with E-state index in [9.17, 15) is 0 Å². The molecule has 0 amide bonds. The molecule has 1 fully saturated rings. The first-order chi connectivity index (χ1) is 9.17. The summed E-state index contributed by atoms with van der Waals surface area (Å²) in [6.45, 7) is 6.59. The van der Waals surface area contributed by atoms with Gasteiger partial charge in [0.1, 0.15) is 5.52 Å². The van der Waals surface area contributed by atoms with Gasteiger partial charge in [-0.25, -0.2) is 4.98 Å². The Balaban J connectivity index is 1.99. The van der Waals surface area contributed by atoms with Crippen LogP contribution >= 0.6 is 0 Å². The van der Waals surface area contributed by atoms with Crippen LogP contribution in [0.3, 0.4) is 0 Å². The summed E-state index contributed by atoms with van der Waals surface area (Å²) >= 11 is 0. The highest BCUT2D eigenvalue weighted by Crippen LogP contribution is 2.39. The third-order valence-electron chi connectivity index (χ3n) is 4.52. The largest absolute Gasteiger partial charge is 0.368 e. The Morgan fingerprint density at radius 1 is 1.37 bits per heavy atom. The smallest absolute Gasteiger partial charge is 0.224 e. The van der Waals surface area contributed by atoms with Crippen molar-refractivity contribution in [2.45, 2.75) is 33.1 Å². The molecule has 0 radical (unpaired) electrons. The number of anilines is 2. The second-order valence-corrected chi connectivity index (χ2v) is 5.39. The number of aromatic amines is 1. The van der Waals surface area contributed by atoms with Crippen molar-refractivity contribution in [3.05, 3.63) is 6.33 Å². The quantitative estimate of drug-likeness (QED) is 0.881. The van der Waals surface area contributed by atoms with Crippen molar-refractivity contribution < 1.29 is 0 Å². The highest BCUT2D eigenvalue weighted by molar-refractivity contribution is 5.84. The normalized spacial score (nSPS) is 18.3. The zero-order valence-electron chi connectivity index (χ0n) is 11.5. The zero-order valence-corrected chi connectivity index (χ0v) is 11.5. The molecule has 1 aliphatic rings. The van der Waals surface area contributed by atoms with Gasteiger partial charge in [-0.05, 0) is 24.7 Å². The van der Waals surface area contributed by atoms with E-state index in [1.54, 1.807) is 6.33 Å². The maximum atomic E-state index is 5.78. The van der Waals surface area contributed by atoms with Crippen LogP contribution in [0.2, 0.25) is 0 Å². The summed E-state index contributed by atoms with van der Waals surface area (Å²) in [6.07, 6.45) is 5.25. The van der Waals surface area contributed by atoms with E-state index in [1.165, 1.54) is 19.3 Å². The second kappa shape index (κ2) is 4.36. The van der Waals surface area contributed by atoms with Crippen molar-refractivity contribution in [1.82, 2.24) is 19.9 Å². The van der Waals surface area contributed by atoms with E-state index >= 15 is 0 Å². The minimum atomic E-state index is 0.292. The number of nitrogen functional groups attached to an aromatic ring is 1. The first-order valence-corrected chi connectivity index (χ1v) is 6.89. The molecule has 0 unspecified atom stereocenters. The molecule has 1 aliphatic heterocycles. The molecule has 6 heteroatoms. The molecule has 6 nitrogen and oxygen atoms in total. The first-order valence-electron chi connectivity index (χ1n) is 6.89. The molecule has 3 N–H and O–H groups in total. The average Bonchev–Trinajstić information content (AvgIpc) is 3.04. The summed E-state index contributed by atoms with van der Waals surface area (Å²) in [5, 5.41) is 0. The number of imidazole rings is 1. The van der Waals surface area contributed by atoms with E-state index < -0.39 is 0 Å². The van der Waals surface area contributed by atoms with Crippen molar-refractivity contribution in [1.29, 1.82) is 0 Å². The Morgan fingerprint density at radius 3 is 2.84 bits per heavy atom. The van der Waals surface area contributed by atoms with Gasteiger partial charge in [-0.3, -0.25) is 0 Å². The fourth-order valence-corrected chi connectivity index (χ4v) is 3.01. The number of hydrogen-bond acceptors (Lipinski definition) is 5. The maximum absolute atomic E-state index is 5.78. The number of H-pyrrole nitrogens is 1. The van der Waals surface area contributed by atoms with Crippen molar-refractivity contribution in [2.24, 2.45) is 5.41 Å². The summed E-state index contributed by atoms with van der Waals surface area (Å²) < 4.78 is 0. The molecule has 3 heterocycles. The van der Waals surface area contributed by atoms with Crippen LogP contribution in [0.15, 0.2) is 6.33 Å². The van der Waals surface area contributed by atoms with E-state index in [2.05, 4.69) is 38.7 Å². The first kappa shape index (κ1) is 12.2. The molecular formula is C13H20N6. The summed E-state index contributed by atoms with van der Waals surface area (Å²) in [6, 6.07) is 0. The molecule has 3 rings (SSSR count). The molecule has 19 heavy (non-hydrogen) atoms. The van der Waals surface area contributed by atoms with Gasteiger partial charge in [-0.15, -0.1) is 0 Å². The van der Waals surface area contributed by atoms with Crippen LogP contribution in [-0.2, 0) is 0 Å². The van der Waals surface area contributed by atoms with Gasteiger partial charge in [0.25, 0.3) is 0 Å². The third kappa shape index (κ3) is 1.91. The van der Waals surface area contributed by atoms with Crippen LogP contribution in [0.25, 0.3) is 11.2 Å². The number of nitrogens with one attached hydrogen (secondary N) is 1. The lowest BCUT2D eigenvalue weighted by atomic mass is 9.82. The van der Waals surface area contributed by atoms with Gasteiger partial charge in [0.2, 0.25) is 5.95 Å². The molecule has 0 atom stereocenters.